The number of carbonyl (C=O) groups excluding carboxylic acids is 2. The second kappa shape index (κ2) is 6.00. The molecular weight excluding hydrogens is 266 g/mol. The van der Waals surface area contributed by atoms with Gasteiger partial charge >= 0.3 is 0 Å². The zero-order valence-electron chi connectivity index (χ0n) is 13.6. The first-order valence-corrected chi connectivity index (χ1v) is 7.68. The molecule has 5 heteroatoms. The average molecular weight is 291 g/mol. The molecule has 5 nitrogen and oxygen atoms in total. The Kier molecular flexibility index (Phi) is 4.49. The van der Waals surface area contributed by atoms with Crippen LogP contribution < -0.4 is 5.32 Å². The lowest BCUT2D eigenvalue weighted by atomic mass is 9.78. The average Bonchev–Trinajstić information content (AvgIpc) is 2.68. The number of hydrogen-bond donors (Lipinski definition) is 1. The Labute approximate surface area is 126 Å². The van der Waals surface area contributed by atoms with Gasteiger partial charge < -0.3 is 5.32 Å². The summed E-state index contributed by atoms with van der Waals surface area (Å²) < 4.78 is 1.64. The summed E-state index contributed by atoms with van der Waals surface area (Å²) in [7, 11) is 1.78. The van der Waals surface area contributed by atoms with E-state index in [1.165, 1.54) is 6.42 Å². The predicted molar refractivity (Wildman–Crippen MR) is 81.1 cm³/mol. The Morgan fingerprint density at radius 1 is 1.24 bits per heavy atom. The summed E-state index contributed by atoms with van der Waals surface area (Å²) in [6.45, 7) is 7.94. The van der Waals surface area contributed by atoms with Crippen LogP contribution in [0.2, 0.25) is 0 Å². The van der Waals surface area contributed by atoms with Gasteiger partial charge in [0.15, 0.2) is 0 Å². The van der Waals surface area contributed by atoms with Crippen LogP contribution in [0.1, 0.15) is 54.9 Å². The highest BCUT2D eigenvalue weighted by Crippen LogP contribution is 2.29. The molecule has 1 aliphatic rings. The maximum absolute atomic E-state index is 12.4. The molecule has 1 fully saturated rings. The third kappa shape index (κ3) is 3.01. The molecule has 0 aliphatic heterocycles. The van der Waals surface area contributed by atoms with Crippen molar-refractivity contribution in [1.82, 2.24) is 15.1 Å². The number of rotatable bonds is 3. The smallest absolute Gasteiger partial charge is 0.292 e. The number of nitrogens with zero attached hydrogens (tertiary/aromatic N) is 2. The number of aryl methyl sites for hydroxylation is 2. The molecule has 1 amide bonds. The Morgan fingerprint density at radius 2 is 1.90 bits per heavy atom. The fourth-order valence-corrected chi connectivity index (χ4v) is 3.24. The molecule has 1 aliphatic carbocycles. The van der Waals surface area contributed by atoms with Crippen LogP contribution in [0.4, 0.5) is 0 Å². The Balaban J connectivity index is 2.11. The number of hydrogen-bond acceptors (Lipinski definition) is 3. The van der Waals surface area contributed by atoms with E-state index in [-0.39, 0.29) is 6.04 Å². The molecule has 0 aromatic carbocycles. The zero-order valence-corrected chi connectivity index (χ0v) is 13.6. The summed E-state index contributed by atoms with van der Waals surface area (Å²) >= 11 is 0. The van der Waals surface area contributed by atoms with Gasteiger partial charge in [-0.15, -0.1) is 0 Å². The fourth-order valence-electron chi connectivity index (χ4n) is 3.24. The first-order valence-electron chi connectivity index (χ1n) is 7.68. The van der Waals surface area contributed by atoms with Gasteiger partial charge in [0, 0.05) is 18.8 Å². The fraction of sp³-hybridized carbons (Fsp3) is 0.688. The highest BCUT2D eigenvalue weighted by molar-refractivity contribution is 6.43. The molecule has 3 atom stereocenters. The van der Waals surface area contributed by atoms with Crippen LogP contribution in [0.5, 0.6) is 0 Å². The van der Waals surface area contributed by atoms with Gasteiger partial charge in [-0.25, -0.2) is 0 Å². The van der Waals surface area contributed by atoms with Gasteiger partial charge in [0.1, 0.15) is 0 Å². The van der Waals surface area contributed by atoms with Crippen LogP contribution in [0.15, 0.2) is 0 Å². The molecule has 1 aromatic heterocycles. The molecule has 1 saturated carbocycles. The van der Waals surface area contributed by atoms with Gasteiger partial charge in [0.2, 0.25) is 0 Å². The van der Waals surface area contributed by atoms with Gasteiger partial charge in [-0.1, -0.05) is 26.7 Å². The molecular formula is C16H25N3O2. The van der Waals surface area contributed by atoms with Crippen LogP contribution in [-0.4, -0.2) is 27.5 Å². The standard InChI is InChI=1S/C16H25N3O2/c1-9-7-6-8-13(10(9)2)17-16(21)15(20)14-11(3)18-19(5)12(14)4/h9-10,13H,6-8H2,1-5H3,(H,17,21)/t9-,10-,13+/m0/s1. The van der Waals surface area contributed by atoms with Crippen molar-refractivity contribution in [1.29, 1.82) is 0 Å². The monoisotopic (exact) mass is 291 g/mol. The minimum Gasteiger partial charge on any atom is -0.346 e. The highest BCUT2D eigenvalue weighted by atomic mass is 16.2. The largest absolute Gasteiger partial charge is 0.346 e. The summed E-state index contributed by atoms with van der Waals surface area (Å²) in [5.41, 5.74) is 1.78. The molecule has 116 valence electrons. The Hall–Kier alpha value is -1.65. The number of Topliss-reactive ketones (excluding diaryl/α,β-unsaturated/α-hetero) is 1. The zero-order chi connectivity index (χ0) is 15.7. The van der Waals surface area contributed by atoms with Crippen molar-refractivity contribution in [2.24, 2.45) is 18.9 Å². The Bertz CT molecular complexity index is 562. The first-order chi connectivity index (χ1) is 9.82. The molecule has 0 bridgehead atoms. The van der Waals surface area contributed by atoms with Gasteiger partial charge in [0.25, 0.3) is 11.7 Å². The van der Waals surface area contributed by atoms with Crippen LogP contribution in [0, 0.1) is 25.7 Å². The van der Waals surface area contributed by atoms with Crippen molar-refractivity contribution in [3.8, 4) is 0 Å². The van der Waals surface area contributed by atoms with E-state index in [4.69, 9.17) is 0 Å². The lowest BCUT2D eigenvalue weighted by Gasteiger charge is -2.34. The predicted octanol–water partition coefficient (Wildman–Crippen LogP) is 2.16. The Morgan fingerprint density at radius 3 is 2.48 bits per heavy atom. The quantitative estimate of drug-likeness (QED) is 0.685. The first kappa shape index (κ1) is 15.7. The summed E-state index contributed by atoms with van der Waals surface area (Å²) in [6.07, 6.45) is 3.26. The third-order valence-corrected chi connectivity index (χ3v) is 4.97. The van der Waals surface area contributed by atoms with Crippen LogP contribution >= 0.6 is 0 Å². The molecule has 0 radical (unpaired) electrons. The van der Waals surface area contributed by atoms with Crippen molar-refractivity contribution in [3.05, 3.63) is 17.0 Å². The van der Waals surface area contributed by atoms with Gasteiger partial charge in [0.05, 0.1) is 11.3 Å². The van der Waals surface area contributed by atoms with Crippen molar-refractivity contribution in [2.45, 2.75) is 53.0 Å². The van der Waals surface area contributed by atoms with E-state index in [9.17, 15) is 9.59 Å². The number of ketones is 1. The number of amides is 1. The maximum Gasteiger partial charge on any atom is 0.292 e. The van der Waals surface area contributed by atoms with Crippen LogP contribution in [0.3, 0.4) is 0 Å². The lowest BCUT2D eigenvalue weighted by Crippen LogP contribution is -2.46. The van der Waals surface area contributed by atoms with Gasteiger partial charge in [-0.3, -0.25) is 14.3 Å². The SMILES string of the molecule is Cc1nn(C)c(C)c1C(=O)C(=O)N[C@@H]1CCC[C@H](C)[C@@H]1C. The van der Waals surface area contributed by atoms with E-state index in [0.717, 1.165) is 18.5 Å². The number of carbonyl (C=O) groups is 2. The molecule has 21 heavy (non-hydrogen) atoms. The molecule has 0 unspecified atom stereocenters. The van der Waals surface area contributed by atoms with E-state index in [2.05, 4.69) is 24.3 Å². The highest BCUT2D eigenvalue weighted by Gasteiger charge is 2.31. The molecule has 0 saturated heterocycles. The molecule has 0 spiro atoms. The minimum absolute atomic E-state index is 0.0995. The molecule has 1 N–H and O–H groups in total. The second-order valence-corrected chi connectivity index (χ2v) is 6.35. The van der Waals surface area contributed by atoms with Crippen molar-refractivity contribution in [3.63, 3.8) is 0 Å². The summed E-state index contributed by atoms with van der Waals surface area (Å²) in [5.74, 6) is 0.0243. The van der Waals surface area contributed by atoms with E-state index < -0.39 is 11.7 Å². The summed E-state index contributed by atoms with van der Waals surface area (Å²) in [5, 5.41) is 7.14. The van der Waals surface area contributed by atoms with Crippen molar-refractivity contribution < 1.29 is 9.59 Å². The topological polar surface area (TPSA) is 64.0 Å². The normalized spacial score (nSPS) is 25.7. The number of nitrogens with one attached hydrogen (secondary N) is 1. The summed E-state index contributed by atoms with van der Waals surface area (Å²) in [4.78, 5) is 24.7. The van der Waals surface area contributed by atoms with E-state index >= 15 is 0 Å². The maximum atomic E-state index is 12.4. The third-order valence-electron chi connectivity index (χ3n) is 4.97. The lowest BCUT2D eigenvalue weighted by molar-refractivity contribution is -0.118. The van der Waals surface area contributed by atoms with Gasteiger partial charge in [-0.05, 0) is 32.1 Å². The van der Waals surface area contributed by atoms with Crippen LogP contribution in [-0.2, 0) is 11.8 Å². The molecule has 1 aromatic rings. The van der Waals surface area contributed by atoms with E-state index in [0.29, 0.717) is 23.1 Å². The number of aromatic nitrogens is 2. The second-order valence-electron chi connectivity index (χ2n) is 6.35. The van der Waals surface area contributed by atoms with Crippen molar-refractivity contribution >= 4 is 11.7 Å². The minimum atomic E-state index is -0.500. The molecule has 2 rings (SSSR count). The van der Waals surface area contributed by atoms with Gasteiger partial charge in [-0.2, -0.15) is 5.10 Å². The summed E-state index contributed by atoms with van der Waals surface area (Å²) in [6, 6.07) is 0.0995. The van der Waals surface area contributed by atoms with Crippen molar-refractivity contribution in [2.75, 3.05) is 0 Å². The molecule has 1 heterocycles. The van der Waals surface area contributed by atoms with E-state index in [1.807, 2.05) is 6.92 Å². The van der Waals surface area contributed by atoms with E-state index in [1.54, 1.807) is 18.7 Å². The van der Waals surface area contributed by atoms with Crippen LogP contribution in [0.25, 0.3) is 0 Å².